The Morgan fingerprint density at radius 3 is 2.58 bits per heavy atom. The molecule has 2 aromatic rings. The molecule has 0 bridgehead atoms. The van der Waals surface area contributed by atoms with Gasteiger partial charge in [0, 0.05) is 12.7 Å². The highest BCUT2D eigenvalue weighted by Crippen LogP contribution is 2.35. The number of hydrogen-bond donors (Lipinski definition) is 1. The minimum absolute atomic E-state index is 0.105. The molecule has 0 unspecified atom stereocenters. The van der Waals surface area contributed by atoms with Crippen LogP contribution in [0.1, 0.15) is 85.5 Å². The van der Waals surface area contributed by atoms with Crippen molar-refractivity contribution in [2.75, 3.05) is 6.54 Å². The maximum atomic E-state index is 13.6. The van der Waals surface area contributed by atoms with Gasteiger partial charge in [-0.3, -0.25) is 9.59 Å². The van der Waals surface area contributed by atoms with E-state index in [9.17, 15) is 9.59 Å². The molecule has 1 saturated heterocycles. The van der Waals surface area contributed by atoms with Crippen molar-refractivity contribution in [3.8, 4) is 5.75 Å². The largest absolute Gasteiger partial charge is 0.478 e. The van der Waals surface area contributed by atoms with Gasteiger partial charge >= 0.3 is 0 Å². The molecule has 1 fully saturated rings. The minimum Gasteiger partial charge on any atom is -0.478 e. The Labute approximate surface area is 184 Å². The van der Waals surface area contributed by atoms with Gasteiger partial charge in [0.2, 0.25) is 0 Å². The van der Waals surface area contributed by atoms with Gasteiger partial charge in [-0.05, 0) is 63.6 Å². The molecule has 2 heterocycles. The lowest BCUT2D eigenvalue weighted by Crippen LogP contribution is -2.49. The van der Waals surface area contributed by atoms with Crippen molar-refractivity contribution >= 4 is 11.8 Å². The van der Waals surface area contributed by atoms with Gasteiger partial charge < -0.3 is 15.4 Å². The number of aromatic nitrogens is 2. The second-order valence-electron chi connectivity index (χ2n) is 9.06. The van der Waals surface area contributed by atoms with E-state index in [2.05, 4.69) is 35.9 Å². The van der Waals surface area contributed by atoms with Gasteiger partial charge in [-0.25, -0.2) is 9.97 Å². The molecular formula is C24H32N4O3. The van der Waals surface area contributed by atoms with Gasteiger partial charge in [0.25, 0.3) is 11.8 Å². The summed E-state index contributed by atoms with van der Waals surface area (Å²) in [6, 6.07) is 5.85. The van der Waals surface area contributed by atoms with Crippen LogP contribution in [0.4, 0.5) is 0 Å². The van der Waals surface area contributed by atoms with E-state index in [-0.39, 0.29) is 17.9 Å². The predicted octanol–water partition coefficient (Wildman–Crippen LogP) is 3.84. The van der Waals surface area contributed by atoms with E-state index in [0.717, 1.165) is 29.7 Å². The number of ether oxygens (including phenoxy) is 1. The summed E-state index contributed by atoms with van der Waals surface area (Å²) in [6.45, 7) is 12.2. The van der Waals surface area contributed by atoms with Crippen LogP contribution in [0.15, 0.2) is 24.4 Å². The number of hydrogen-bond acceptors (Lipinski definition) is 5. The van der Waals surface area contributed by atoms with Gasteiger partial charge in [0.05, 0.1) is 17.3 Å². The average molecular weight is 425 g/mol. The quantitative estimate of drug-likeness (QED) is 0.760. The minimum atomic E-state index is -1.05. The summed E-state index contributed by atoms with van der Waals surface area (Å²) >= 11 is 0. The number of carbonyl (C=O) groups is 2. The third-order valence-electron chi connectivity index (χ3n) is 5.75. The Kier molecular flexibility index (Phi) is 6.34. The number of benzene rings is 1. The second kappa shape index (κ2) is 8.65. The summed E-state index contributed by atoms with van der Waals surface area (Å²) in [5, 5.41) is 0. The summed E-state index contributed by atoms with van der Waals surface area (Å²) in [5.74, 6) is 0.884. The van der Waals surface area contributed by atoms with Crippen molar-refractivity contribution < 1.29 is 14.3 Å². The first-order valence-corrected chi connectivity index (χ1v) is 10.7. The standard InChI is InChI=1S/C24H32N4O3/c1-14(2)17-10-9-15(3)12-20(17)31-24(5,6)23(30)28-11-7-8-19(28)22-26-13-18(21(25)29)16(4)27-22/h9-10,12-14,19H,7-8,11H2,1-6H3,(H2,25,29)/t19-/m1/s1. The van der Waals surface area contributed by atoms with Crippen LogP contribution in [-0.4, -0.2) is 38.8 Å². The molecule has 0 spiro atoms. The zero-order valence-corrected chi connectivity index (χ0v) is 19.2. The maximum Gasteiger partial charge on any atom is 0.266 e. The lowest BCUT2D eigenvalue weighted by atomic mass is 9.99. The number of likely N-dealkylation sites (tertiary alicyclic amines) is 1. The molecular weight excluding hydrogens is 392 g/mol. The molecule has 2 N–H and O–H groups in total. The van der Waals surface area contributed by atoms with Crippen molar-refractivity contribution in [3.63, 3.8) is 0 Å². The fourth-order valence-corrected chi connectivity index (χ4v) is 4.04. The van der Waals surface area contributed by atoms with Crippen LogP contribution >= 0.6 is 0 Å². The van der Waals surface area contributed by atoms with Crippen molar-refractivity contribution in [1.29, 1.82) is 0 Å². The lowest BCUT2D eigenvalue weighted by Gasteiger charge is -2.34. The average Bonchev–Trinajstić information content (AvgIpc) is 3.16. The Morgan fingerprint density at radius 2 is 1.97 bits per heavy atom. The number of amides is 2. The van der Waals surface area contributed by atoms with Crippen molar-refractivity contribution in [3.05, 3.63) is 52.6 Å². The molecule has 1 aliphatic heterocycles. The molecule has 7 nitrogen and oxygen atoms in total. The van der Waals surface area contributed by atoms with Crippen LogP contribution in [0, 0.1) is 13.8 Å². The van der Waals surface area contributed by atoms with Crippen molar-refractivity contribution in [2.24, 2.45) is 5.73 Å². The number of nitrogens with zero attached hydrogens (tertiary/aromatic N) is 3. The molecule has 2 amide bonds. The first-order valence-electron chi connectivity index (χ1n) is 10.7. The highest BCUT2D eigenvalue weighted by atomic mass is 16.5. The maximum absolute atomic E-state index is 13.6. The second-order valence-corrected chi connectivity index (χ2v) is 9.06. The zero-order chi connectivity index (χ0) is 22.9. The van der Waals surface area contributed by atoms with Gasteiger partial charge in [0.1, 0.15) is 5.75 Å². The Hall–Kier alpha value is -2.96. The van der Waals surface area contributed by atoms with Gasteiger partial charge in [0.15, 0.2) is 11.4 Å². The number of rotatable bonds is 6. The normalized spacial score (nSPS) is 16.6. The summed E-state index contributed by atoms with van der Waals surface area (Å²) in [6.07, 6.45) is 3.07. The fourth-order valence-electron chi connectivity index (χ4n) is 4.04. The molecule has 166 valence electrons. The smallest absolute Gasteiger partial charge is 0.266 e. The summed E-state index contributed by atoms with van der Waals surface area (Å²) < 4.78 is 6.31. The SMILES string of the molecule is Cc1ccc(C(C)C)c(OC(C)(C)C(=O)N2CCC[C@@H]2c2ncc(C(N)=O)c(C)n2)c1. The van der Waals surface area contributed by atoms with Crippen LogP contribution in [0.3, 0.4) is 0 Å². The monoisotopic (exact) mass is 424 g/mol. The molecule has 3 rings (SSSR count). The summed E-state index contributed by atoms with van der Waals surface area (Å²) in [4.78, 5) is 35.7. The van der Waals surface area contributed by atoms with E-state index in [0.29, 0.717) is 23.6 Å². The van der Waals surface area contributed by atoms with E-state index in [1.54, 1.807) is 25.7 Å². The van der Waals surface area contributed by atoms with Gasteiger partial charge in [-0.1, -0.05) is 26.0 Å². The van der Waals surface area contributed by atoms with Crippen LogP contribution in [-0.2, 0) is 4.79 Å². The van der Waals surface area contributed by atoms with Crippen molar-refractivity contribution in [1.82, 2.24) is 14.9 Å². The van der Waals surface area contributed by atoms with Crippen LogP contribution in [0.5, 0.6) is 5.75 Å². The highest BCUT2D eigenvalue weighted by molar-refractivity contribution is 5.93. The highest BCUT2D eigenvalue weighted by Gasteiger charge is 2.41. The molecule has 1 atom stereocenters. The Morgan fingerprint density at radius 1 is 1.26 bits per heavy atom. The Balaban J connectivity index is 1.86. The number of carbonyl (C=O) groups excluding carboxylic acids is 2. The van der Waals surface area contributed by atoms with Gasteiger partial charge in [-0.15, -0.1) is 0 Å². The zero-order valence-electron chi connectivity index (χ0n) is 19.2. The molecule has 1 aromatic heterocycles. The van der Waals surface area contributed by atoms with E-state index in [1.165, 1.54) is 6.20 Å². The number of nitrogens with two attached hydrogens (primary N) is 1. The molecule has 1 aromatic carbocycles. The van der Waals surface area contributed by atoms with Crippen LogP contribution in [0.2, 0.25) is 0 Å². The van der Waals surface area contributed by atoms with E-state index < -0.39 is 11.5 Å². The first-order chi connectivity index (χ1) is 14.5. The number of primary amides is 1. The van der Waals surface area contributed by atoms with Crippen LogP contribution < -0.4 is 10.5 Å². The lowest BCUT2D eigenvalue weighted by molar-refractivity contribution is -0.146. The van der Waals surface area contributed by atoms with Crippen molar-refractivity contribution in [2.45, 2.75) is 71.9 Å². The van der Waals surface area contributed by atoms with E-state index >= 15 is 0 Å². The molecule has 1 aliphatic rings. The third kappa shape index (κ3) is 4.70. The Bertz CT molecular complexity index is 1000. The van der Waals surface area contributed by atoms with Gasteiger partial charge in [-0.2, -0.15) is 0 Å². The van der Waals surface area contributed by atoms with E-state index in [4.69, 9.17) is 10.5 Å². The third-order valence-corrected chi connectivity index (χ3v) is 5.75. The fraction of sp³-hybridized carbons (Fsp3) is 0.500. The topological polar surface area (TPSA) is 98.4 Å². The summed E-state index contributed by atoms with van der Waals surface area (Å²) in [7, 11) is 0. The predicted molar refractivity (Wildman–Crippen MR) is 119 cm³/mol. The van der Waals surface area contributed by atoms with Crippen LogP contribution in [0.25, 0.3) is 0 Å². The van der Waals surface area contributed by atoms with E-state index in [1.807, 2.05) is 13.0 Å². The number of aryl methyl sites for hydroxylation is 2. The summed E-state index contributed by atoms with van der Waals surface area (Å²) in [5.41, 5.74) is 7.29. The molecule has 0 aliphatic carbocycles. The molecule has 0 radical (unpaired) electrons. The molecule has 7 heteroatoms. The molecule has 31 heavy (non-hydrogen) atoms. The first kappa shape index (κ1) is 22.7. The molecule has 0 saturated carbocycles.